The number of carbonyl (C=O) groups excluding carboxylic acids is 1. The van der Waals surface area contributed by atoms with Gasteiger partial charge in [0.1, 0.15) is 18.0 Å². The van der Waals surface area contributed by atoms with Crippen LogP contribution in [0.15, 0.2) is 18.7 Å². The minimum atomic E-state index is -0.296. The van der Waals surface area contributed by atoms with Crippen molar-refractivity contribution in [3.8, 4) is 0 Å². The summed E-state index contributed by atoms with van der Waals surface area (Å²) < 4.78 is 0. The number of piperidine rings is 1. The van der Waals surface area contributed by atoms with Crippen molar-refractivity contribution in [2.24, 2.45) is 5.92 Å². The quantitative estimate of drug-likeness (QED) is 0.833. The molecule has 8 heteroatoms. The van der Waals surface area contributed by atoms with Crippen LogP contribution in [0, 0.1) is 5.92 Å². The number of imidazole rings is 1. The zero-order valence-electron chi connectivity index (χ0n) is 15.4. The number of rotatable bonds is 2. The Labute approximate surface area is 158 Å². The first-order valence-corrected chi connectivity index (χ1v) is 9.84. The number of anilines is 2. The van der Waals surface area contributed by atoms with Crippen LogP contribution in [0.4, 0.5) is 11.6 Å². The largest absolute Gasteiger partial charge is 0.384 e. The first kappa shape index (κ1) is 16.5. The molecule has 0 radical (unpaired) electrons. The highest BCUT2D eigenvalue weighted by Crippen LogP contribution is 2.44. The molecule has 2 aromatic heterocycles. The van der Waals surface area contributed by atoms with Crippen LogP contribution in [-0.4, -0.2) is 50.4 Å². The zero-order chi connectivity index (χ0) is 18.4. The second-order valence-corrected chi connectivity index (χ2v) is 7.92. The molecule has 1 saturated carbocycles. The summed E-state index contributed by atoms with van der Waals surface area (Å²) >= 11 is 0. The van der Waals surface area contributed by atoms with E-state index in [2.05, 4.69) is 29.7 Å². The Morgan fingerprint density at radius 2 is 2.00 bits per heavy atom. The number of fused-ring (bicyclic) bond motifs is 2. The molecule has 3 N–H and O–H groups in total. The van der Waals surface area contributed by atoms with E-state index in [4.69, 9.17) is 5.73 Å². The second kappa shape index (κ2) is 6.21. The van der Waals surface area contributed by atoms with Crippen LogP contribution in [0.1, 0.15) is 43.5 Å². The summed E-state index contributed by atoms with van der Waals surface area (Å²) in [6.07, 6.45) is 9.10. The molecule has 0 aromatic carbocycles. The predicted octanol–water partition coefficient (Wildman–Crippen LogP) is 1.46. The molecular formula is C19H25N7O. The van der Waals surface area contributed by atoms with E-state index in [9.17, 15) is 4.79 Å². The number of nitrogen functional groups attached to an aromatic ring is 1. The number of amides is 1. The predicted molar refractivity (Wildman–Crippen MR) is 101 cm³/mol. The summed E-state index contributed by atoms with van der Waals surface area (Å²) in [7, 11) is 0. The van der Waals surface area contributed by atoms with Crippen molar-refractivity contribution in [1.82, 2.24) is 24.8 Å². The third-order valence-corrected chi connectivity index (χ3v) is 6.57. The Morgan fingerprint density at radius 3 is 2.70 bits per heavy atom. The van der Waals surface area contributed by atoms with Crippen molar-refractivity contribution >= 4 is 17.5 Å². The Kier molecular flexibility index (Phi) is 3.80. The average Bonchev–Trinajstić information content (AvgIpc) is 3.11. The van der Waals surface area contributed by atoms with Crippen LogP contribution in [-0.2, 0) is 16.8 Å². The van der Waals surface area contributed by atoms with Gasteiger partial charge in [0.05, 0.1) is 17.6 Å². The molecule has 0 unspecified atom stereocenters. The van der Waals surface area contributed by atoms with E-state index in [0.29, 0.717) is 11.7 Å². The molecular weight excluding hydrogens is 342 g/mol. The topological polar surface area (TPSA) is 104 Å². The van der Waals surface area contributed by atoms with Crippen molar-refractivity contribution in [1.29, 1.82) is 0 Å². The molecule has 2 fully saturated rings. The number of aromatic nitrogens is 4. The highest BCUT2D eigenvalue weighted by Gasteiger charge is 2.50. The number of hydrogen-bond donors (Lipinski definition) is 2. The van der Waals surface area contributed by atoms with Crippen molar-refractivity contribution < 1.29 is 4.79 Å². The number of aromatic amines is 1. The van der Waals surface area contributed by atoms with Crippen molar-refractivity contribution in [2.75, 3.05) is 30.3 Å². The standard InChI is InChI=1S/C19H25N7O/c20-15-10-16(23-12-22-15)25-8-5-19(6-9-25)17-14(21-11-24-17)4-7-26(19)18(27)13-2-1-3-13/h10-13H,1-9H2,(H,21,24)(H2,20,22,23). The third-order valence-electron chi connectivity index (χ3n) is 6.57. The molecule has 0 bridgehead atoms. The minimum Gasteiger partial charge on any atom is -0.384 e. The maximum absolute atomic E-state index is 13.2. The fourth-order valence-corrected chi connectivity index (χ4v) is 4.82. The summed E-state index contributed by atoms with van der Waals surface area (Å²) in [5, 5.41) is 0. The van der Waals surface area contributed by atoms with Gasteiger partial charge in [-0.1, -0.05) is 6.42 Å². The normalized spacial score (nSPS) is 21.8. The number of nitrogens with two attached hydrogens (primary N) is 1. The number of nitrogens with zero attached hydrogens (tertiary/aromatic N) is 5. The Morgan fingerprint density at radius 1 is 1.19 bits per heavy atom. The average molecular weight is 367 g/mol. The van der Waals surface area contributed by atoms with E-state index in [1.54, 1.807) is 6.33 Å². The van der Waals surface area contributed by atoms with Crippen molar-refractivity contribution in [3.63, 3.8) is 0 Å². The molecule has 1 saturated heterocycles. The lowest BCUT2D eigenvalue weighted by atomic mass is 9.76. The molecule has 2 aromatic rings. The molecule has 1 amide bonds. The van der Waals surface area contributed by atoms with Gasteiger partial charge in [-0.05, 0) is 25.7 Å². The lowest BCUT2D eigenvalue weighted by molar-refractivity contribution is -0.147. The lowest BCUT2D eigenvalue weighted by Crippen LogP contribution is -2.60. The van der Waals surface area contributed by atoms with E-state index in [-0.39, 0.29) is 11.5 Å². The van der Waals surface area contributed by atoms with Crippen LogP contribution in [0.5, 0.6) is 0 Å². The van der Waals surface area contributed by atoms with E-state index >= 15 is 0 Å². The van der Waals surface area contributed by atoms with E-state index in [1.165, 1.54) is 18.4 Å². The first-order valence-electron chi connectivity index (χ1n) is 9.84. The van der Waals surface area contributed by atoms with E-state index in [1.807, 2.05) is 6.07 Å². The number of nitrogens with one attached hydrogen (secondary N) is 1. The molecule has 3 aliphatic rings. The highest BCUT2D eigenvalue weighted by atomic mass is 16.2. The fourth-order valence-electron chi connectivity index (χ4n) is 4.82. The summed E-state index contributed by atoms with van der Waals surface area (Å²) in [6.45, 7) is 2.42. The molecule has 2 aliphatic heterocycles. The monoisotopic (exact) mass is 367 g/mol. The van der Waals surface area contributed by atoms with Gasteiger partial charge in [-0.3, -0.25) is 4.79 Å². The highest BCUT2D eigenvalue weighted by molar-refractivity contribution is 5.81. The smallest absolute Gasteiger partial charge is 0.226 e. The fraction of sp³-hybridized carbons (Fsp3) is 0.579. The SMILES string of the molecule is Nc1cc(N2CCC3(CC2)c2nc[nH]c2CCN3C(=O)C2CCC2)ncn1. The molecule has 1 aliphatic carbocycles. The molecule has 8 nitrogen and oxygen atoms in total. The van der Waals surface area contributed by atoms with Crippen LogP contribution in [0.2, 0.25) is 0 Å². The van der Waals surface area contributed by atoms with Gasteiger partial charge < -0.3 is 20.5 Å². The second-order valence-electron chi connectivity index (χ2n) is 7.92. The number of carbonyl (C=O) groups is 1. The van der Waals surface area contributed by atoms with Crippen LogP contribution < -0.4 is 10.6 Å². The molecule has 27 heavy (non-hydrogen) atoms. The van der Waals surface area contributed by atoms with Crippen LogP contribution in [0.3, 0.4) is 0 Å². The van der Waals surface area contributed by atoms with Crippen molar-refractivity contribution in [3.05, 3.63) is 30.1 Å². The van der Waals surface area contributed by atoms with E-state index < -0.39 is 0 Å². The molecule has 5 rings (SSSR count). The van der Waals surface area contributed by atoms with E-state index in [0.717, 1.165) is 63.3 Å². The molecule has 0 atom stereocenters. The summed E-state index contributed by atoms with van der Waals surface area (Å²) in [5.41, 5.74) is 7.79. The molecule has 142 valence electrons. The molecule has 1 spiro atoms. The Hall–Kier alpha value is -2.64. The summed E-state index contributed by atoms with van der Waals surface area (Å²) in [6, 6.07) is 1.82. The van der Waals surface area contributed by atoms with Gasteiger partial charge in [0, 0.05) is 43.7 Å². The number of hydrogen-bond acceptors (Lipinski definition) is 6. The Balaban J connectivity index is 1.44. The summed E-state index contributed by atoms with van der Waals surface area (Å²) in [5.74, 6) is 1.87. The van der Waals surface area contributed by atoms with Crippen LogP contribution >= 0.6 is 0 Å². The van der Waals surface area contributed by atoms with Gasteiger partial charge in [-0.25, -0.2) is 15.0 Å². The third kappa shape index (κ3) is 2.57. The summed E-state index contributed by atoms with van der Waals surface area (Å²) in [4.78, 5) is 33.9. The lowest BCUT2D eigenvalue weighted by Gasteiger charge is -2.52. The van der Waals surface area contributed by atoms with Gasteiger partial charge in [0.15, 0.2) is 0 Å². The molecule has 4 heterocycles. The van der Waals surface area contributed by atoms with Gasteiger partial charge in [0.2, 0.25) is 5.91 Å². The Bertz CT molecular complexity index is 851. The van der Waals surface area contributed by atoms with Crippen LogP contribution in [0.25, 0.3) is 0 Å². The maximum atomic E-state index is 13.2. The number of H-pyrrole nitrogens is 1. The zero-order valence-corrected chi connectivity index (χ0v) is 15.4. The van der Waals surface area contributed by atoms with Crippen molar-refractivity contribution in [2.45, 2.75) is 44.1 Å². The van der Waals surface area contributed by atoms with Gasteiger partial charge >= 0.3 is 0 Å². The first-order chi connectivity index (χ1) is 13.2. The maximum Gasteiger partial charge on any atom is 0.226 e. The van der Waals surface area contributed by atoms with Gasteiger partial charge in [-0.2, -0.15) is 0 Å². The van der Waals surface area contributed by atoms with Gasteiger partial charge in [-0.15, -0.1) is 0 Å². The minimum absolute atomic E-state index is 0.210. The van der Waals surface area contributed by atoms with Gasteiger partial charge in [0.25, 0.3) is 0 Å².